The molecule has 0 bridgehead atoms. The minimum atomic E-state index is -1.87. The van der Waals surface area contributed by atoms with Crippen LogP contribution in [0.1, 0.15) is 22.0 Å². The van der Waals surface area contributed by atoms with E-state index in [9.17, 15) is 50.8 Å². The Bertz CT molecular complexity index is 1100. The highest BCUT2D eigenvalue weighted by atomic mass is 16.7. The molecule has 7 unspecified atom stereocenters. The zero-order chi connectivity index (χ0) is 24.9. The number of aliphatic hydroxyl groups is 5. The van der Waals surface area contributed by atoms with Crippen molar-refractivity contribution in [2.45, 2.75) is 42.9 Å². The number of ketones is 1. The highest BCUT2D eigenvalue weighted by Crippen LogP contribution is 2.45. The quantitative estimate of drug-likeness (QED) is 0.223. The van der Waals surface area contributed by atoms with Gasteiger partial charge in [0.25, 0.3) is 0 Å². The molecule has 184 valence electrons. The Balaban J connectivity index is 1.68. The number of Topliss-reactive ketones (excluding diaryl/α,β-unsaturated/α-hetero) is 1. The molecule has 2 aromatic rings. The maximum atomic E-state index is 12.6. The number of carbonyl (C=O) groups excluding carboxylic acids is 1. The molecule has 0 aliphatic carbocycles. The number of hydrogen-bond donors (Lipinski definition) is 9. The number of benzene rings is 2. The van der Waals surface area contributed by atoms with Crippen LogP contribution in [0.25, 0.3) is 0 Å². The molecule has 2 aromatic carbocycles. The van der Waals surface area contributed by atoms with Crippen molar-refractivity contribution in [3.8, 4) is 34.5 Å². The van der Waals surface area contributed by atoms with Crippen LogP contribution in [-0.2, 0) is 4.74 Å². The van der Waals surface area contributed by atoms with Crippen LogP contribution in [0.3, 0.4) is 0 Å². The maximum absolute atomic E-state index is 12.6. The first-order valence-electron chi connectivity index (χ1n) is 10.0. The van der Waals surface area contributed by atoms with Crippen molar-refractivity contribution >= 4 is 5.78 Å². The molecule has 2 aliphatic heterocycles. The van der Waals surface area contributed by atoms with Crippen molar-refractivity contribution in [1.29, 1.82) is 0 Å². The van der Waals surface area contributed by atoms with Crippen molar-refractivity contribution in [2.24, 2.45) is 0 Å². The second-order valence-corrected chi connectivity index (χ2v) is 7.89. The fourth-order valence-electron chi connectivity index (χ4n) is 3.82. The lowest BCUT2D eigenvalue weighted by Crippen LogP contribution is -2.60. The molecule has 13 heteroatoms. The third kappa shape index (κ3) is 3.94. The number of ether oxygens (including phenoxy) is 3. The van der Waals surface area contributed by atoms with Gasteiger partial charge in [-0.15, -0.1) is 0 Å². The van der Waals surface area contributed by atoms with Crippen molar-refractivity contribution in [3.63, 3.8) is 0 Å². The number of fused-ring (bicyclic) bond motifs is 1. The normalized spacial score (nSPS) is 31.0. The molecule has 0 radical (unpaired) electrons. The predicted molar refractivity (Wildman–Crippen MR) is 108 cm³/mol. The molecule has 4 rings (SSSR count). The Kier molecular flexibility index (Phi) is 6.16. The molecule has 2 aliphatic rings. The van der Waals surface area contributed by atoms with E-state index in [4.69, 9.17) is 14.2 Å². The van der Waals surface area contributed by atoms with Crippen LogP contribution in [0.15, 0.2) is 24.3 Å². The van der Waals surface area contributed by atoms with Gasteiger partial charge in [-0.2, -0.15) is 0 Å². The standard InChI is InChI=1S/C21H22O13/c22-5-12-15(27)17(29)19(31)21(34-12)33-11-2-6(1-9(25)14(11)26)20-18(30)16(28)13-8(24)3-7(23)4-10(13)32-20/h1-4,12,15,17-27,29-31H,5H2. The lowest BCUT2D eigenvalue weighted by Gasteiger charge is -2.39. The third-order valence-corrected chi connectivity index (χ3v) is 5.62. The van der Waals surface area contributed by atoms with E-state index in [1.54, 1.807) is 0 Å². The lowest BCUT2D eigenvalue weighted by molar-refractivity contribution is -0.277. The Morgan fingerprint density at radius 2 is 1.59 bits per heavy atom. The molecule has 1 saturated heterocycles. The summed E-state index contributed by atoms with van der Waals surface area (Å²) in [4.78, 5) is 12.6. The summed E-state index contributed by atoms with van der Waals surface area (Å²) in [5.41, 5.74) is -0.452. The minimum Gasteiger partial charge on any atom is -0.508 e. The second-order valence-electron chi connectivity index (χ2n) is 7.89. The van der Waals surface area contributed by atoms with Gasteiger partial charge >= 0.3 is 0 Å². The number of rotatable bonds is 4. The van der Waals surface area contributed by atoms with E-state index in [2.05, 4.69) is 0 Å². The summed E-state index contributed by atoms with van der Waals surface area (Å²) in [5.74, 6) is -4.34. The van der Waals surface area contributed by atoms with E-state index >= 15 is 0 Å². The smallest absolute Gasteiger partial charge is 0.229 e. The van der Waals surface area contributed by atoms with Gasteiger partial charge in [-0.05, 0) is 12.1 Å². The number of phenols is 4. The van der Waals surface area contributed by atoms with Crippen LogP contribution in [0.4, 0.5) is 0 Å². The predicted octanol–water partition coefficient (Wildman–Crippen LogP) is -1.64. The summed E-state index contributed by atoms with van der Waals surface area (Å²) in [6.45, 7) is -0.731. The molecule has 34 heavy (non-hydrogen) atoms. The Morgan fingerprint density at radius 1 is 0.882 bits per heavy atom. The van der Waals surface area contributed by atoms with Crippen LogP contribution in [0, 0.1) is 0 Å². The number of aromatic hydroxyl groups is 4. The molecule has 7 atom stereocenters. The SMILES string of the molecule is O=C1c2c(O)cc(O)cc2OC(c2cc(O)c(O)c(OC3OC(CO)C(O)C(O)C3O)c2)C1O. The lowest BCUT2D eigenvalue weighted by atomic mass is 9.92. The fraction of sp³-hybridized carbons (Fsp3) is 0.381. The molecule has 0 aromatic heterocycles. The molecular weight excluding hydrogens is 460 g/mol. The van der Waals surface area contributed by atoms with E-state index in [0.29, 0.717) is 0 Å². The monoisotopic (exact) mass is 482 g/mol. The van der Waals surface area contributed by atoms with Crippen LogP contribution < -0.4 is 9.47 Å². The third-order valence-electron chi connectivity index (χ3n) is 5.62. The molecule has 0 saturated carbocycles. The first kappa shape index (κ1) is 23.8. The van der Waals surface area contributed by atoms with Crippen LogP contribution >= 0.6 is 0 Å². The van der Waals surface area contributed by atoms with Gasteiger partial charge in [0.05, 0.1) is 6.61 Å². The Morgan fingerprint density at radius 3 is 2.26 bits per heavy atom. The van der Waals surface area contributed by atoms with Gasteiger partial charge in [-0.3, -0.25) is 4.79 Å². The molecule has 2 heterocycles. The summed E-state index contributed by atoms with van der Waals surface area (Å²) >= 11 is 0. The van der Waals surface area contributed by atoms with Crippen LogP contribution in [0.2, 0.25) is 0 Å². The van der Waals surface area contributed by atoms with Crippen molar-refractivity contribution in [3.05, 3.63) is 35.4 Å². The number of phenolic OH excluding ortho intramolecular Hbond substituents is 4. The summed E-state index contributed by atoms with van der Waals surface area (Å²) in [6, 6.07) is 3.94. The van der Waals surface area contributed by atoms with Gasteiger partial charge in [-0.25, -0.2) is 0 Å². The highest BCUT2D eigenvalue weighted by molar-refractivity contribution is 6.05. The molecular formula is C21H22O13. The Hall–Kier alpha value is -3.33. The maximum Gasteiger partial charge on any atom is 0.229 e. The van der Waals surface area contributed by atoms with Crippen molar-refractivity contribution < 1.29 is 65.0 Å². The average molecular weight is 482 g/mol. The summed E-state index contributed by atoms with van der Waals surface area (Å²) in [5, 5.41) is 89.8. The van der Waals surface area contributed by atoms with Gasteiger partial charge in [0.1, 0.15) is 47.2 Å². The number of carbonyl (C=O) groups is 1. The number of aliphatic hydroxyl groups excluding tert-OH is 5. The van der Waals surface area contributed by atoms with Gasteiger partial charge in [-0.1, -0.05) is 0 Å². The van der Waals surface area contributed by atoms with E-state index in [0.717, 1.165) is 24.3 Å². The van der Waals surface area contributed by atoms with E-state index in [1.165, 1.54) is 0 Å². The van der Waals surface area contributed by atoms with E-state index in [1.807, 2.05) is 0 Å². The first-order valence-corrected chi connectivity index (χ1v) is 10.0. The average Bonchev–Trinajstić information content (AvgIpc) is 2.78. The highest BCUT2D eigenvalue weighted by Gasteiger charge is 2.45. The van der Waals surface area contributed by atoms with Gasteiger partial charge in [0.15, 0.2) is 23.7 Å². The fourth-order valence-corrected chi connectivity index (χ4v) is 3.82. The zero-order valence-corrected chi connectivity index (χ0v) is 17.2. The molecule has 1 fully saturated rings. The molecule has 0 spiro atoms. The zero-order valence-electron chi connectivity index (χ0n) is 17.2. The summed E-state index contributed by atoms with van der Waals surface area (Å²) in [7, 11) is 0. The summed E-state index contributed by atoms with van der Waals surface area (Å²) < 4.78 is 16.1. The summed E-state index contributed by atoms with van der Waals surface area (Å²) in [6.07, 6.45) is -11.6. The van der Waals surface area contributed by atoms with Gasteiger partial charge < -0.3 is 60.2 Å². The van der Waals surface area contributed by atoms with E-state index < -0.39 is 84.1 Å². The Labute approximate surface area is 190 Å². The van der Waals surface area contributed by atoms with Crippen LogP contribution in [0.5, 0.6) is 34.5 Å². The van der Waals surface area contributed by atoms with Gasteiger partial charge in [0.2, 0.25) is 17.8 Å². The van der Waals surface area contributed by atoms with E-state index in [-0.39, 0.29) is 16.9 Å². The van der Waals surface area contributed by atoms with Crippen molar-refractivity contribution in [1.82, 2.24) is 0 Å². The molecule has 9 N–H and O–H groups in total. The second kappa shape index (κ2) is 8.79. The topological polar surface area (TPSA) is 227 Å². The number of hydrogen-bond acceptors (Lipinski definition) is 13. The first-order chi connectivity index (χ1) is 16.0. The van der Waals surface area contributed by atoms with Crippen LogP contribution in [-0.4, -0.2) is 95.2 Å². The minimum absolute atomic E-state index is 0.0933. The molecule has 13 nitrogen and oxygen atoms in total. The van der Waals surface area contributed by atoms with Crippen molar-refractivity contribution in [2.75, 3.05) is 6.61 Å². The van der Waals surface area contributed by atoms with Gasteiger partial charge in [0, 0.05) is 17.7 Å². The largest absolute Gasteiger partial charge is 0.508 e. The molecule has 0 amide bonds.